The number of hydrogen-bond donors (Lipinski definition) is 1. The van der Waals surface area contributed by atoms with Gasteiger partial charge in [-0.15, -0.1) is 0 Å². The Morgan fingerprint density at radius 3 is 1.97 bits per heavy atom. The Hall–Kier alpha value is -3.22. The lowest BCUT2D eigenvalue weighted by atomic mass is 10.1. The van der Waals surface area contributed by atoms with Crippen molar-refractivity contribution >= 4 is 23.2 Å². The van der Waals surface area contributed by atoms with Gasteiger partial charge in [-0.1, -0.05) is 23.7 Å². The first-order chi connectivity index (χ1) is 15.6. The van der Waals surface area contributed by atoms with Crippen LogP contribution in [0.1, 0.15) is 22.4 Å². The molecule has 0 bridgehead atoms. The molecular weight excluding hydrogens is 505 g/mol. The Morgan fingerprint density at radius 1 is 0.824 bits per heavy atom. The number of nitrogens with one attached hydrogen (secondary N) is 1. The van der Waals surface area contributed by atoms with Crippen molar-refractivity contribution in [3.05, 3.63) is 86.3 Å². The standard InChI is InChI=1S/C20H11ClF9N3O/c21-12-4-1-10(2-5-12)9-33-16(34)8-15(20(28,29)30)32-17(33)31-14-6-3-11(18(22,23)24)7-13(14)19(25,26)27/h1-8H,9H2,(H,31,32). The maximum absolute atomic E-state index is 13.5. The van der Waals surface area contributed by atoms with Crippen LogP contribution in [0.25, 0.3) is 0 Å². The van der Waals surface area contributed by atoms with Gasteiger partial charge in [0.25, 0.3) is 5.56 Å². The highest BCUT2D eigenvalue weighted by atomic mass is 35.5. The second-order valence-corrected chi connectivity index (χ2v) is 7.33. The van der Waals surface area contributed by atoms with Crippen LogP contribution < -0.4 is 10.9 Å². The van der Waals surface area contributed by atoms with E-state index in [-0.39, 0.29) is 12.1 Å². The molecular formula is C20H11ClF9N3O. The van der Waals surface area contributed by atoms with Gasteiger partial charge in [-0.2, -0.15) is 39.5 Å². The predicted molar refractivity (Wildman–Crippen MR) is 104 cm³/mol. The zero-order chi connectivity index (χ0) is 25.5. The number of benzene rings is 2. The van der Waals surface area contributed by atoms with E-state index in [1.807, 2.05) is 5.32 Å². The fraction of sp³-hybridized carbons (Fsp3) is 0.200. The van der Waals surface area contributed by atoms with Crippen LogP contribution in [0.4, 0.5) is 51.1 Å². The molecule has 4 nitrogen and oxygen atoms in total. The highest BCUT2D eigenvalue weighted by Crippen LogP contribution is 2.40. The number of aromatic nitrogens is 2. The molecule has 2 aromatic carbocycles. The predicted octanol–water partition coefficient (Wildman–Crippen LogP) is 6.75. The summed E-state index contributed by atoms with van der Waals surface area (Å²) in [6, 6.07) is 6.30. The van der Waals surface area contributed by atoms with Crippen molar-refractivity contribution < 1.29 is 39.5 Å². The van der Waals surface area contributed by atoms with Crippen LogP contribution in [0.2, 0.25) is 5.02 Å². The first kappa shape index (κ1) is 25.4. The van der Waals surface area contributed by atoms with Crippen LogP contribution in [0.15, 0.2) is 53.3 Å². The lowest BCUT2D eigenvalue weighted by Crippen LogP contribution is -2.27. The minimum absolute atomic E-state index is 0.151. The molecule has 0 amide bonds. The summed E-state index contributed by atoms with van der Waals surface area (Å²) in [5.74, 6) is -0.958. The molecule has 0 unspecified atom stereocenters. The third-order valence-corrected chi connectivity index (χ3v) is 4.70. The quantitative estimate of drug-likeness (QED) is 0.391. The van der Waals surface area contributed by atoms with Gasteiger partial charge in [-0.3, -0.25) is 9.36 Å². The number of alkyl halides is 9. The zero-order valence-corrected chi connectivity index (χ0v) is 17.2. The van der Waals surface area contributed by atoms with Gasteiger partial charge in [-0.05, 0) is 35.9 Å². The average molecular weight is 516 g/mol. The van der Waals surface area contributed by atoms with Crippen LogP contribution in [0, 0.1) is 0 Å². The molecule has 0 saturated carbocycles. The fourth-order valence-corrected chi connectivity index (χ4v) is 2.98. The van der Waals surface area contributed by atoms with Crippen molar-refractivity contribution in [2.75, 3.05) is 5.32 Å². The van der Waals surface area contributed by atoms with Gasteiger partial charge in [0.1, 0.15) is 0 Å². The summed E-state index contributed by atoms with van der Waals surface area (Å²) < 4.78 is 119. The Bertz CT molecular complexity index is 1250. The molecule has 34 heavy (non-hydrogen) atoms. The molecule has 3 rings (SSSR count). The van der Waals surface area contributed by atoms with Gasteiger partial charge in [0, 0.05) is 11.1 Å². The van der Waals surface area contributed by atoms with E-state index in [1.165, 1.54) is 24.3 Å². The third-order valence-electron chi connectivity index (χ3n) is 4.45. The number of hydrogen-bond acceptors (Lipinski definition) is 3. The van der Waals surface area contributed by atoms with E-state index in [0.717, 1.165) is 0 Å². The van der Waals surface area contributed by atoms with E-state index < -0.39 is 59.1 Å². The van der Waals surface area contributed by atoms with Crippen LogP contribution in [-0.4, -0.2) is 9.55 Å². The van der Waals surface area contributed by atoms with E-state index in [0.29, 0.717) is 27.3 Å². The summed E-state index contributed by atoms with van der Waals surface area (Å²) in [5.41, 5.74) is -7.10. The van der Waals surface area contributed by atoms with Crippen LogP contribution in [0.5, 0.6) is 0 Å². The van der Waals surface area contributed by atoms with Crippen molar-refractivity contribution in [1.82, 2.24) is 9.55 Å². The van der Waals surface area contributed by atoms with Crippen LogP contribution in [0.3, 0.4) is 0 Å². The monoisotopic (exact) mass is 515 g/mol. The molecule has 14 heteroatoms. The van der Waals surface area contributed by atoms with E-state index in [2.05, 4.69) is 4.98 Å². The smallest absolute Gasteiger partial charge is 0.325 e. The summed E-state index contributed by atoms with van der Waals surface area (Å²) >= 11 is 5.76. The van der Waals surface area contributed by atoms with Crippen molar-refractivity contribution in [3.63, 3.8) is 0 Å². The summed E-state index contributed by atoms with van der Waals surface area (Å²) in [7, 11) is 0. The zero-order valence-electron chi connectivity index (χ0n) is 16.4. The average Bonchev–Trinajstić information content (AvgIpc) is 2.69. The molecule has 0 aliphatic heterocycles. The summed E-state index contributed by atoms with van der Waals surface area (Å²) in [4.78, 5) is 15.6. The molecule has 3 aromatic rings. The van der Waals surface area contributed by atoms with Crippen LogP contribution in [-0.2, 0) is 25.1 Å². The number of rotatable bonds is 4. The molecule has 0 spiro atoms. The summed E-state index contributed by atoms with van der Waals surface area (Å²) in [5, 5.41) is 2.25. The SMILES string of the molecule is O=c1cc(C(F)(F)F)nc(Nc2ccc(C(F)(F)F)cc2C(F)(F)F)n1Cc1ccc(Cl)cc1. The van der Waals surface area contributed by atoms with Crippen molar-refractivity contribution in [3.8, 4) is 0 Å². The molecule has 182 valence electrons. The van der Waals surface area contributed by atoms with E-state index in [4.69, 9.17) is 11.6 Å². The first-order valence-corrected chi connectivity index (χ1v) is 9.42. The number of anilines is 2. The molecule has 0 fully saturated rings. The van der Waals surface area contributed by atoms with E-state index in [9.17, 15) is 44.3 Å². The highest BCUT2D eigenvalue weighted by molar-refractivity contribution is 6.30. The van der Waals surface area contributed by atoms with Gasteiger partial charge >= 0.3 is 18.5 Å². The maximum Gasteiger partial charge on any atom is 0.433 e. The largest absolute Gasteiger partial charge is 0.433 e. The summed E-state index contributed by atoms with van der Waals surface area (Å²) in [6.45, 7) is -0.425. The van der Waals surface area contributed by atoms with Gasteiger partial charge in [0.05, 0.1) is 23.4 Å². The van der Waals surface area contributed by atoms with Crippen LogP contribution >= 0.6 is 11.6 Å². The summed E-state index contributed by atoms with van der Waals surface area (Å²) in [6.07, 6.45) is -15.5. The Balaban J connectivity index is 2.17. The number of nitrogens with zero attached hydrogens (tertiary/aromatic N) is 2. The minimum atomic E-state index is -5.31. The molecule has 0 aliphatic carbocycles. The highest BCUT2D eigenvalue weighted by Gasteiger charge is 2.39. The topological polar surface area (TPSA) is 46.9 Å². The normalized spacial score (nSPS) is 12.6. The van der Waals surface area contributed by atoms with Crippen molar-refractivity contribution in [1.29, 1.82) is 0 Å². The molecule has 0 aliphatic rings. The second-order valence-electron chi connectivity index (χ2n) is 6.89. The maximum atomic E-state index is 13.5. The van der Waals surface area contributed by atoms with Gasteiger partial charge in [0.15, 0.2) is 5.69 Å². The molecule has 1 N–H and O–H groups in total. The third kappa shape index (κ3) is 5.82. The Labute approximate surface area is 189 Å². The lowest BCUT2D eigenvalue weighted by Gasteiger charge is -2.20. The lowest BCUT2D eigenvalue weighted by molar-refractivity contribution is -0.143. The van der Waals surface area contributed by atoms with Gasteiger partial charge in [-0.25, -0.2) is 4.98 Å². The molecule has 1 aromatic heterocycles. The molecule has 0 radical (unpaired) electrons. The first-order valence-electron chi connectivity index (χ1n) is 9.04. The molecule has 0 atom stereocenters. The number of halogens is 10. The second kappa shape index (κ2) is 8.85. The minimum Gasteiger partial charge on any atom is -0.325 e. The molecule has 0 saturated heterocycles. The molecule has 1 heterocycles. The Morgan fingerprint density at radius 2 is 1.44 bits per heavy atom. The van der Waals surface area contributed by atoms with Crippen molar-refractivity contribution in [2.24, 2.45) is 0 Å². The Kier molecular flexibility index (Phi) is 6.62. The van der Waals surface area contributed by atoms with Gasteiger partial charge < -0.3 is 5.32 Å². The van der Waals surface area contributed by atoms with E-state index in [1.54, 1.807) is 0 Å². The van der Waals surface area contributed by atoms with E-state index >= 15 is 0 Å². The fourth-order valence-electron chi connectivity index (χ4n) is 2.86. The van der Waals surface area contributed by atoms with Gasteiger partial charge in [0.2, 0.25) is 5.95 Å². The van der Waals surface area contributed by atoms with Crippen molar-refractivity contribution in [2.45, 2.75) is 25.1 Å².